The van der Waals surface area contributed by atoms with E-state index in [4.69, 9.17) is 20.9 Å². The molecule has 0 aliphatic heterocycles. The zero-order chi connectivity index (χ0) is 20.1. The maximum absolute atomic E-state index is 12.6. The van der Waals surface area contributed by atoms with E-state index in [9.17, 15) is 4.79 Å². The van der Waals surface area contributed by atoms with Crippen LogP contribution >= 0.6 is 11.6 Å². The molecule has 0 saturated heterocycles. The molecule has 0 aliphatic rings. The Labute approximate surface area is 172 Å². The zero-order valence-electron chi connectivity index (χ0n) is 15.2. The lowest BCUT2D eigenvalue weighted by molar-refractivity contribution is 0.102. The lowest BCUT2D eigenvalue weighted by Gasteiger charge is -2.10. The van der Waals surface area contributed by atoms with Gasteiger partial charge in [0.2, 0.25) is 5.82 Å². The van der Waals surface area contributed by atoms with Gasteiger partial charge in [0.25, 0.3) is 11.8 Å². The van der Waals surface area contributed by atoms with Crippen LogP contribution < -0.4 is 10.1 Å². The number of benzene rings is 3. The van der Waals surface area contributed by atoms with Crippen LogP contribution in [0.15, 0.2) is 83.4 Å². The van der Waals surface area contributed by atoms with Crippen molar-refractivity contribution in [1.29, 1.82) is 0 Å². The molecule has 0 aliphatic carbocycles. The van der Waals surface area contributed by atoms with E-state index in [1.54, 1.807) is 36.4 Å². The molecular weight excluding hydrogens is 390 g/mol. The summed E-state index contributed by atoms with van der Waals surface area (Å²) >= 11 is 6.16. The maximum atomic E-state index is 12.6. The Kier molecular flexibility index (Phi) is 5.54. The van der Waals surface area contributed by atoms with E-state index >= 15 is 0 Å². The summed E-state index contributed by atoms with van der Waals surface area (Å²) in [6.07, 6.45) is 0. The van der Waals surface area contributed by atoms with Crippen molar-refractivity contribution in [3.63, 3.8) is 0 Å². The predicted octanol–water partition coefficient (Wildman–Crippen LogP) is 5.22. The predicted molar refractivity (Wildman–Crippen MR) is 110 cm³/mol. The summed E-state index contributed by atoms with van der Waals surface area (Å²) in [4.78, 5) is 16.9. The monoisotopic (exact) mass is 405 g/mol. The summed E-state index contributed by atoms with van der Waals surface area (Å²) in [5, 5.41) is 7.29. The Morgan fingerprint density at radius 1 is 0.966 bits per heavy atom. The van der Waals surface area contributed by atoms with Crippen LogP contribution in [0, 0.1) is 0 Å². The fourth-order valence-corrected chi connectivity index (χ4v) is 2.92. The van der Waals surface area contributed by atoms with Gasteiger partial charge >= 0.3 is 0 Å². The van der Waals surface area contributed by atoms with Crippen LogP contribution in [-0.4, -0.2) is 16.0 Å². The first-order valence-corrected chi connectivity index (χ1v) is 9.24. The molecule has 0 unspecified atom stereocenters. The van der Waals surface area contributed by atoms with Crippen LogP contribution in [0.25, 0.3) is 11.5 Å². The lowest BCUT2D eigenvalue weighted by Crippen LogP contribution is -2.13. The number of carbonyl (C=O) groups excluding carboxylic acids is 1. The molecule has 0 radical (unpaired) electrons. The second kappa shape index (κ2) is 8.58. The van der Waals surface area contributed by atoms with Gasteiger partial charge in [-0.25, -0.2) is 0 Å². The van der Waals surface area contributed by atoms with E-state index in [2.05, 4.69) is 15.5 Å². The maximum Gasteiger partial charge on any atom is 0.259 e. The van der Waals surface area contributed by atoms with Gasteiger partial charge < -0.3 is 14.6 Å². The van der Waals surface area contributed by atoms with Gasteiger partial charge in [-0.15, -0.1) is 0 Å². The number of rotatable bonds is 6. The molecule has 1 amide bonds. The van der Waals surface area contributed by atoms with E-state index < -0.39 is 0 Å². The summed E-state index contributed by atoms with van der Waals surface area (Å²) in [5.41, 5.74) is 1.76. The largest absolute Gasteiger partial charge is 0.485 e. The average molecular weight is 406 g/mol. The minimum Gasteiger partial charge on any atom is -0.485 e. The van der Waals surface area contributed by atoms with Crippen molar-refractivity contribution in [3.05, 3.63) is 95.3 Å². The number of hydrogen-bond donors (Lipinski definition) is 1. The topological polar surface area (TPSA) is 77.2 Å². The van der Waals surface area contributed by atoms with Gasteiger partial charge in [-0.05, 0) is 36.4 Å². The van der Waals surface area contributed by atoms with Crippen molar-refractivity contribution in [2.75, 3.05) is 5.32 Å². The third-order valence-corrected chi connectivity index (χ3v) is 4.42. The third kappa shape index (κ3) is 4.44. The van der Waals surface area contributed by atoms with Crippen LogP contribution in [0.2, 0.25) is 5.02 Å². The molecule has 3 aromatic carbocycles. The number of ether oxygens (including phenoxy) is 1. The molecule has 0 bridgehead atoms. The Morgan fingerprint density at radius 3 is 2.52 bits per heavy atom. The fraction of sp³-hybridized carbons (Fsp3) is 0.0455. The highest BCUT2D eigenvalue weighted by molar-refractivity contribution is 6.33. The van der Waals surface area contributed by atoms with Crippen molar-refractivity contribution in [2.24, 2.45) is 0 Å². The Hall–Kier alpha value is -3.64. The van der Waals surface area contributed by atoms with E-state index in [0.717, 1.165) is 0 Å². The number of para-hydroxylation sites is 2. The molecular formula is C22H16ClN3O3. The summed E-state index contributed by atoms with van der Waals surface area (Å²) in [7, 11) is 0. The van der Waals surface area contributed by atoms with Crippen LogP contribution in [0.3, 0.4) is 0 Å². The highest BCUT2D eigenvalue weighted by atomic mass is 35.5. The van der Waals surface area contributed by atoms with E-state index in [-0.39, 0.29) is 12.5 Å². The smallest absolute Gasteiger partial charge is 0.259 e. The quantitative estimate of drug-likeness (QED) is 0.475. The minimum absolute atomic E-state index is 0.0452. The number of carbonyl (C=O) groups is 1. The summed E-state index contributed by atoms with van der Waals surface area (Å²) < 4.78 is 11.1. The number of amides is 1. The number of nitrogens with one attached hydrogen (secondary N) is 1. The van der Waals surface area contributed by atoms with Gasteiger partial charge in [0.1, 0.15) is 5.75 Å². The summed E-state index contributed by atoms with van der Waals surface area (Å²) in [6, 6.07) is 23.4. The average Bonchev–Trinajstić information content (AvgIpc) is 3.22. The highest BCUT2D eigenvalue weighted by Crippen LogP contribution is 2.26. The first-order chi connectivity index (χ1) is 14.2. The molecule has 1 N–H and O–H groups in total. The molecule has 4 rings (SSSR count). The van der Waals surface area contributed by atoms with Crippen molar-refractivity contribution < 1.29 is 14.1 Å². The standard InChI is InChI=1S/C22H16ClN3O3/c23-18-12-6-4-10-16(18)22-25-20(26-29-22)14-28-19-13-7-5-11-17(19)21(27)24-15-8-2-1-3-9-15/h1-13H,14H2,(H,24,27). The first kappa shape index (κ1) is 18.7. The summed E-state index contributed by atoms with van der Waals surface area (Å²) in [5.74, 6) is 0.809. The fourth-order valence-electron chi connectivity index (χ4n) is 2.70. The second-order valence-corrected chi connectivity index (χ2v) is 6.51. The molecule has 144 valence electrons. The zero-order valence-corrected chi connectivity index (χ0v) is 16.0. The molecule has 1 aromatic heterocycles. The van der Waals surface area contributed by atoms with Crippen LogP contribution in [-0.2, 0) is 6.61 Å². The number of aromatic nitrogens is 2. The van der Waals surface area contributed by atoms with Gasteiger partial charge in [0.05, 0.1) is 16.1 Å². The van der Waals surface area contributed by atoms with Crippen LogP contribution in [0.1, 0.15) is 16.2 Å². The number of anilines is 1. The molecule has 4 aromatic rings. The molecule has 0 fully saturated rings. The first-order valence-electron chi connectivity index (χ1n) is 8.86. The van der Waals surface area contributed by atoms with E-state index in [1.165, 1.54) is 0 Å². The highest BCUT2D eigenvalue weighted by Gasteiger charge is 2.15. The molecule has 0 atom stereocenters. The molecule has 0 saturated carbocycles. The third-order valence-electron chi connectivity index (χ3n) is 4.09. The van der Waals surface area contributed by atoms with Gasteiger partial charge in [-0.3, -0.25) is 4.79 Å². The number of nitrogens with zero attached hydrogens (tertiary/aromatic N) is 2. The van der Waals surface area contributed by atoms with E-state index in [0.29, 0.717) is 39.3 Å². The van der Waals surface area contributed by atoms with E-state index in [1.807, 2.05) is 42.5 Å². The molecule has 1 heterocycles. The van der Waals surface area contributed by atoms with Crippen molar-refractivity contribution in [3.8, 4) is 17.2 Å². The Morgan fingerprint density at radius 2 is 1.69 bits per heavy atom. The van der Waals surface area contributed by atoms with Crippen molar-refractivity contribution >= 4 is 23.2 Å². The lowest BCUT2D eigenvalue weighted by atomic mass is 10.2. The van der Waals surface area contributed by atoms with Gasteiger partial charge in [0, 0.05) is 5.69 Å². The molecule has 29 heavy (non-hydrogen) atoms. The second-order valence-electron chi connectivity index (χ2n) is 6.10. The normalized spacial score (nSPS) is 10.5. The van der Waals surface area contributed by atoms with Crippen molar-refractivity contribution in [1.82, 2.24) is 10.1 Å². The van der Waals surface area contributed by atoms with Gasteiger partial charge in [0.15, 0.2) is 6.61 Å². The van der Waals surface area contributed by atoms with Gasteiger partial charge in [-0.1, -0.05) is 59.2 Å². The van der Waals surface area contributed by atoms with Crippen LogP contribution in [0.4, 0.5) is 5.69 Å². The SMILES string of the molecule is O=C(Nc1ccccc1)c1ccccc1OCc1noc(-c2ccccc2Cl)n1. The van der Waals surface area contributed by atoms with Crippen LogP contribution in [0.5, 0.6) is 5.75 Å². The number of halogens is 1. The molecule has 7 heteroatoms. The molecule has 6 nitrogen and oxygen atoms in total. The van der Waals surface area contributed by atoms with Gasteiger partial charge in [-0.2, -0.15) is 4.98 Å². The summed E-state index contributed by atoms with van der Waals surface area (Å²) in [6.45, 7) is 0.0452. The molecule has 0 spiro atoms. The van der Waals surface area contributed by atoms with Crippen molar-refractivity contribution in [2.45, 2.75) is 6.61 Å². The Bertz CT molecular complexity index is 1130. The minimum atomic E-state index is -0.267. The Balaban J connectivity index is 1.47. The number of hydrogen-bond acceptors (Lipinski definition) is 5.